The zero-order chi connectivity index (χ0) is 24.1. The van der Waals surface area contributed by atoms with Gasteiger partial charge in [0.1, 0.15) is 11.9 Å². The van der Waals surface area contributed by atoms with E-state index in [1.165, 1.54) is 12.1 Å². The van der Waals surface area contributed by atoms with Gasteiger partial charge in [-0.15, -0.1) is 0 Å². The highest BCUT2D eigenvalue weighted by Gasteiger charge is 2.24. The largest absolute Gasteiger partial charge is 0.493 e. The smallest absolute Gasteiger partial charge is 0.227 e. The van der Waals surface area contributed by atoms with Gasteiger partial charge in [0.05, 0.1) is 30.7 Å². The number of anilines is 2. The normalized spacial score (nSPS) is 14.3. The first-order valence-corrected chi connectivity index (χ1v) is 11.3. The van der Waals surface area contributed by atoms with Gasteiger partial charge in [0.25, 0.3) is 0 Å². The number of benzene rings is 2. The van der Waals surface area contributed by atoms with Gasteiger partial charge in [-0.1, -0.05) is 11.6 Å². The molecule has 2 heterocycles. The van der Waals surface area contributed by atoms with Crippen molar-refractivity contribution in [1.29, 1.82) is 0 Å². The third kappa shape index (κ3) is 5.66. The van der Waals surface area contributed by atoms with Crippen molar-refractivity contribution in [2.75, 3.05) is 39.2 Å². The molecule has 3 aromatic rings. The van der Waals surface area contributed by atoms with Crippen LogP contribution in [0.3, 0.4) is 0 Å². The molecule has 0 unspecified atom stereocenters. The van der Waals surface area contributed by atoms with E-state index in [4.69, 9.17) is 25.8 Å². The highest BCUT2D eigenvalue weighted by atomic mass is 35.5. The summed E-state index contributed by atoms with van der Waals surface area (Å²) in [6.07, 6.45) is 3.52. The van der Waals surface area contributed by atoms with Crippen molar-refractivity contribution in [2.45, 2.75) is 25.4 Å². The van der Waals surface area contributed by atoms with E-state index in [0.717, 1.165) is 18.2 Å². The molecular weight excluding hydrogens is 463 g/mol. The van der Waals surface area contributed by atoms with Crippen molar-refractivity contribution in [1.82, 2.24) is 14.9 Å². The van der Waals surface area contributed by atoms with Gasteiger partial charge in [-0.2, -0.15) is 0 Å². The van der Waals surface area contributed by atoms with Crippen molar-refractivity contribution in [2.24, 2.45) is 0 Å². The number of methoxy groups -OCH3 is 2. The maximum absolute atomic E-state index is 13.4. The van der Waals surface area contributed by atoms with Crippen LogP contribution in [0.4, 0.5) is 16.0 Å². The summed E-state index contributed by atoms with van der Waals surface area (Å²) in [6, 6.07) is 7.95. The maximum Gasteiger partial charge on any atom is 0.227 e. The molecule has 0 saturated carbocycles. The van der Waals surface area contributed by atoms with E-state index in [2.05, 4.69) is 15.3 Å². The SMILES string of the molecule is COCCC(=O)N1CCC(Oc2cc3cnc(Nc4ccc(F)c(Cl)c4)nc3cc2OC)CC1. The summed E-state index contributed by atoms with van der Waals surface area (Å²) in [5.41, 5.74) is 1.23. The lowest BCUT2D eigenvalue weighted by atomic mass is 10.1. The third-order valence-corrected chi connectivity index (χ3v) is 5.94. The lowest BCUT2D eigenvalue weighted by Gasteiger charge is -2.32. The van der Waals surface area contributed by atoms with Crippen LogP contribution in [0.1, 0.15) is 19.3 Å². The van der Waals surface area contributed by atoms with E-state index in [1.54, 1.807) is 32.5 Å². The lowest BCUT2D eigenvalue weighted by Crippen LogP contribution is -2.42. The van der Waals surface area contributed by atoms with Crippen molar-refractivity contribution in [3.63, 3.8) is 0 Å². The molecule has 0 radical (unpaired) electrons. The second-order valence-corrected chi connectivity index (χ2v) is 8.36. The highest BCUT2D eigenvalue weighted by Crippen LogP contribution is 2.34. The fourth-order valence-electron chi connectivity index (χ4n) is 3.80. The summed E-state index contributed by atoms with van der Waals surface area (Å²) < 4.78 is 30.2. The number of halogens is 2. The van der Waals surface area contributed by atoms with Gasteiger partial charge in [0.2, 0.25) is 11.9 Å². The molecule has 1 aromatic heterocycles. The van der Waals surface area contributed by atoms with Gasteiger partial charge >= 0.3 is 0 Å². The van der Waals surface area contributed by atoms with E-state index >= 15 is 0 Å². The number of nitrogens with one attached hydrogen (secondary N) is 1. The van der Waals surface area contributed by atoms with Crippen LogP contribution in [0.2, 0.25) is 5.02 Å². The monoisotopic (exact) mass is 488 g/mol. The molecule has 0 bridgehead atoms. The summed E-state index contributed by atoms with van der Waals surface area (Å²) >= 11 is 5.85. The molecule has 0 spiro atoms. The molecule has 1 aliphatic heterocycles. The first kappa shape index (κ1) is 24.0. The molecular formula is C24H26ClFN4O4. The molecule has 180 valence electrons. The summed E-state index contributed by atoms with van der Waals surface area (Å²) in [5, 5.41) is 3.82. The average Bonchev–Trinajstić information content (AvgIpc) is 2.85. The fourth-order valence-corrected chi connectivity index (χ4v) is 3.98. The zero-order valence-electron chi connectivity index (χ0n) is 19.0. The Morgan fingerprint density at radius 1 is 1.21 bits per heavy atom. The first-order valence-electron chi connectivity index (χ1n) is 11.0. The number of amides is 1. The minimum atomic E-state index is -0.493. The Kier molecular flexibility index (Phi) is 7.64. The van der Waals surface area contributed by atoms with Gasteiger partial charge in [-0.3, -0.25) is 4.79 Å². The number of piperidine rings is 1. The minimum absolute atomic E-state index is 0.0134. The number of fused-ring (bicyclic) bond motifs is 1. The number of aromatic nitrogens is 2. The van der Waals surface area contributed by atoms with Gasteiger partial charge in [0, 0.05) is 56.4 Å². The second kappa shape index (κ2) is 10.8. The Bertz CT molecular complexity index is 1170. The molecule has 1 saturated heterocycles. The number of hydrogen-bond donors (Lipinski definition) is 1. The molecule has 1 N–H and O–H groups in total. The van der Waals surface area contributed by atoms with Crippen LogP contribution in [-0.2, 0) is 9.53 Å². The van der Waals surface area contributed by atoms with Crippen LogP contribution >= 0.6 is 11.6 Å². The van der Waals surface area contributed by atoms with Crippen molar-refractivity contribution < 1.29 is 23.4 Å². The number of nitrogens with zero attached hydrogens (tertiary/aromatic N) is 3. The molecule has 0 atom stereocenters. The zero-order valence-corrected chi connectivity index (χ0v) is 19.8. The Labute approximate surface area is 202 Å². The molecule has 1 fully saturated rings. The van der Waals surface area contributed by atoms with Crippen molar-refractivity contribution >= 4 is 40.0 Å². The molecule has 0 aliphatic carbocycles. The Morgan fingerprint density at radius 2 is 2.00 bits per heavy atom. The van der Waals surface area contributed by atoms with E-state index in [9.17, 15) is 9.18 Å². The van der Waals surface area contributed by atoms with Crippen LogP contribution in [0, 0.1) is 5.82 Å². The third-order valence-electron chi connectivity index (χ3n) is 5.65. The molecule has 8 nitrogen and oxygen atoms in total. The number of rotatable bonds is 8. The molecule has 34 heavy (non-hydrogen) atoms. The van der Waals surface area contributed by atoms with Crippen LogP contribution < -0.4 is 14.8 Å². The predicted molar refractivity (Wildman–Crippen MR) is 128 cm³/mol. The summed E-state index contributed by atoms with van der Waals surface area (Å²) in [7, 11) is 3.17. The van der Waals surface area contributed by atoms with Crippen molar-refractivity contribution in [3.8, 4) is 11.5 Å². The Balaban J connectivity index is 1.45. The maximum atomic E-state index is 13.4. The quantitative estimate of drug-likeness (QED) is 0.496. The molecule has 1 amide bonds. The van der Waals surface area contributed by atoms with E-state index in [1.807, 2.05) is 11.0 Å². The lowest BCUT2D eigenvalue weighted by molar-refractivity contribution is -0.133. The predicted octanol–water partition coefficient (Wildman–Crippen LogP) is 4.58. The van der Waals surface area contributed by atoms with E-state index in [0.29, 0.717) is 54.8 Å². The van der Waals surface area contributed by atoms with Crippen LogP contribution in [0.15, 0.2) is 36.5 Å². The number of likely N-dealkylation sites (tertiary alicyclic amines) is 1. The van der Waals surface area contributed by atoms with Gasteiger partial charge in [0.15, 0.2) is 11.5 Å². The number of carbonyl (C=O) groups is 1. The molecule has 10 heteroatoms. The summed E-state index contributed by atoms with van der Waals surface area (Å²) in [4.78, 5) is 22.9. The molecule has 2 aromatic carbocycles. The average molecular weight is 489 g/mol. The van der Waals surface area contributed by atoms with E-state index < -0.39 is 5.82 Å². The second-order valence-electron chi connectivity index (χ2n) is 7.95. The minimum Gasteiger partial charge on any atom is -0.493 e. The number of ether oxygens (including phenoxy) is 3. The topological polar surface area (TPSA) is 85.8 Å². The number of carbonyl (C=O) groups excluding carboxylic acids is 1. The van der Waals surface area contributed by atoms with Crippen LogP contribution in [0.5, 0.6) is 11.5 Å². The molecule has 1 aliphatic rings. The van der Waals surface area contributed by atoms with Crippen LogP contribution in [0.25, 0.3) is 10.9 Å². The summed E-state index contributed by atoms with van der Waals surface area (Å²) in [5.74, 6) is 1.12. The van der Waals surface area contributed by atoms with E-state index in [-0.39, 0.29) is 17.0 Å². The number of hydrogen-bond acceptors (Lipinski definition) is 7. The molecule has 4 rings (SSSR count). The van der Waals surface area contributed by atoms with Gasteiger partial charge in [-0.25, -0.2) is 14.4 Å². The first-order chi connectivity index (χ1) is 16.5. The fraction of sp³-hybridized carbons (Fsp3) is 0.375. The van der Waals surface area contributed by atoms with Gasteiger partial charge in [-0.05, 0) is 24.3 Å². The Morgan fingerprint density at radius 3 is 2.71 bits per heavy atom. The standard InChI is InChI=1S/C24H26ClFN4O4/c1-32-10-7-23(31)30-8-5-17(6-9-30)34-22-11-15-14-27-24(29-20(15)13-21(22)33-2)28-16-3-4-19(26)18(25)12-16/h3-4,11-14,17H,5-10H2,1-2H3,(H,27,28,29). The van der Waals surface area contributed by atoms with Gasteiger partial charge < -0.3 is 24.4 Å². The Hall–Kier alpha value is -3.17. The summed E-state index contributed by atoms with van der Waals surface area (Å²) in [6.45, 7) is 1.73. The van der Waals surface area contributed by atoms with Crippen LogP contribution in [-0.4, -0.2) is 60.8 Å². The highest BCUT2D eigenvalue weighted by molar-refractivity contribution is 6.31. The van der Waals surface area contributed by atoms with Crippen molar-refractivity contribution in [3.05, 3.63) is 47.4 Å².